The van der Waals surface area contributed by atoms with Gasteiger partial charge < -0.3 is 29.0 Å². The summed E-state index contributed by atoms with van der Waals surface area (Å²) < 4.78 is 14.0. The smallest absolute Gasteiger partial charge is 0.427 e. The lowest BCUT2D eigenvalue weighted by Crippen LogP contribution is -2.17. The Morgan fingerprint density at radius 1 is 0.957 bits per heavy atom. The predicted octanol–water partition coefficient (Wildman–Crippen LogP) is 2.94. The van der Waals surface area contributed by atoms with Crippen molar-refractivity contribution in [3.8, 4) is 5.75 Å². The van der Waals surface area contributed by atoms with Crippen LogP contribution in [-0.4, -0.2) is 24.5 Å². The summed E-state index contributed by atoms with van der Waals surface area (Å²) in [4.78, 5) is 39.6. The third-order valence-electron chi connectivity index (χ3n) is 2.83. The van der Waals surface area contributed by atoms with E-state index in [1.54, 1.807) is 0 Å². The molecular weight excluding hydrogens is 342 g/mol. The van der Waals surface area contributed by atoms with Gasteiger partial charge >= 0.3 is 16.4 Å². The topological polar surface area (TPSA) is 127 Å². The maximum atomic E-state index is 9.02. The third-order valence-corrected chi connectivity index (χ3v) is 3.19. The molecule has 1 aromatic rings. The molecule has 0 unspecified atom stereocenters. The molecule has 0 bridgehead atoms. The van der Waals surface area contributed by atoms with E-state index in [9.17, 15) is 0 Å². The van der Waals surface area contributed by atoms with Gasteiger partial charge in [-0.2, -0.15) is 0 Å². The molecular formula is C14H26O7P2. The lowest BCUT2D eigenvalue weighted by molar-refractivity contribution is 0.275. The van der Waals surface area contributed by atoms with Crippen molar-refractivity contribution in [2.24, 2.45) is 0 Å². The molecule has 0 radical (unpaired) electrons. The van der Waals surface area contributed by atoms with Crippen molar-refractivity contribution in [2.45, 2.75) is 52.4 Å². The number of hydrogen-bond donors (Lipinski definition) is 5. The molecule has 0 fully saturated rings. The average molecular weight is 368 g/mol. The van der Waals surface area contributed by atoms with Crippen molar-refractivity contribution < 1.29 is 33.6 Å². The zero-order valence-corrected chi connectivity index (χ0v) is 16.0. The van der Waals surface area contributed by atoms with Gasteiger partial charge in [0, 0.05) is 5.56 Å². The summed E-state index contributed by atoms with van der Waals surface area (Å²) in [5.41, 5.74) is 2.15. The molecule has 1 rings (SSSR count). The monoisotopic (exact) mass is 368 g/mol. The molecule has 23 heavy (non-hydrogen) atoms. The molecule has 0 heterocycles. The zero-order valence-electron chi connectivity index (χ0n) is 14.2. The van der Waals surface area contributed by atoms with Crippen molar-refractivity contribution in [3.05, 3.63) is 29.3 Å². The van der Waals surface area contributed by atoms with Crippen LogP contribution in [0.4, 0.5) is 0 Å². The molecule has 9 heteroatoms. The van der Waals surface area contributed by atoms with Gasteiger partial charge in [-0.05, 0) is 22.5 Å². The largest absolute Gasteiger partial charge is 0.466 e. The lowest BCUT2D eigenvalue weighted by Gasteiger charge is -2.27. The maximum Gasteiger partial charge on any atom is 0.466 e. The first-order chi connectivity index (χ1) is 10.0. The highest BCUT2D eigenvalue weighted by atomic mass is 31.2. The minimum Gasteiger partial charge on any atom is -0.427 e. The highest BCUT2D eigenvalue weighted by molar-refractivity contribution is 7.45. The molecule has 0 spiro atoms. The zero-order chi connectivity index (χ0) is 18.6. The summed E-state index contributed by atoms with van der Waals surface area (Å²) in [5.74, 6) is 0.548. The minimum atomic E-state index is -4.64. The van der Waals surface area contributed by atoms with E-state index in [0.717, 1.165) is 5.56 Å². The van der Waals surface area contributed by atoms with E-state index in [2.05, 4.69) is 47.6 Å². The molecule has 0 atom stereocenters. The van der Waals surface area contributed by atoms with E-state index < -0.39 is 16.4 Å². The first kappa shape index (κ1) is 22.5. The van der Waals surface area contributed by atoms with E-state index in [1.165, 1.54) is 5.56 Å². The van der Waals surface area contributed by atoms with E-state index in [4.69, 9.17) is 33.6 Å². The first-order valence-corrected chi connectivity index (χ1v) is 9.54. The van der Waals surface area contributed by atoms with Crippen molar-refractivity contribution >= 4 is 16.4 Å². The van der Waals surface area contributed by atoms with Crippen LogP contribution in [0.2, 0.25) is 0 Å². The lowest BCUT2D eigenvalue weighted by atomic mass is 9.80. The van der Waals surface area contributed by atoms with Gasteiger partial charge in [-0.3, -0.25) is 0 Å². The highest BCUT2D eigenvalue weighted by Crippen LogP contribution is 2.39. The van der Waals surface area contributed by atoms with Crippen molar-refractivity contribution in [1.29, 1.82) is 0 Å². The Bertz CT molecular complexity index is 545. The van der Waals surface area contributed by atoms with Gasteiger partial charge in [-0.15, -0.1) is 0 Å². The van der Waals surface area contributed by atoms with Gasteiger partial charge in [0.25, 0.3) is 0 Å². The van der Waals surface area contributed by atoms with Crippen LogP contribution in [0.25, 0.3) is 0 Å². The Hall–Kier alpha value is -0.520. The molecule has 5 N–H and O–H groups in total. The van der Waals surface area contributed by atoms with Gasteiger partial charge in [0.1, 0.15) is 5.75 Å². The van der Waals surface area contributed by atoms with Crippen LogP contribution < -0.4 is 4.52 Å². The Morgan fingerprint density at radius 2 is 1.39 bits per heavy atom. The van der Waals surface area contributed by atoms with Crippen LogP contribution in [0.1, 0.15) is 52.7 Å². The average Bonchev–Trinajstić information content (AvgIpc) is 2.22. The Labute approximate surface area is 138 Å². The van der Waals surface area contributed by atoms with Gasteiger partial charge in [-0.25, -0.2) is 4.57 Å². The summed E-state index contributed by atoms with van der Waals surface area (Å²) in [6.45, 7) is 12.7. The second-order valence-electron chi connectivity index (χ2n) is 7.07. The van der Waals surface area contributed by atoms with E-state index in [0.29, 0.717) is 5.75 Å². The Balaban J connectivity index is 0.000000841. The van der Waals surface area contributed by atoms with Crippen LogP contribution in [0.5, 0.6) is 5.75 Å². The normalized spacial score (nSPS) is 12.7. The van der Waals surface area contributed by atoms with E-state index in [1.807, 2.05) is 12.1 Å². The van der Waals surface area contributed by atoms with Crippen LogP contribution in [0.15, 0.2) is 18.2 Å². The van der Waals surface area contributed by atoms with Gasteiger partial charge in [0.05, 0.1) is 0 Å². The molecule has 0 aliphatic rings. The van der Waals surface area contributed by atoms with Gasteiger partial charge in [-0.1, -0.05) is 53.7 Å². The number of benzene rings is 1. The molecule has 0 saturated carbocycles. The molecule has 1 aromatic carbocycles. The minimum absolute atomic E-state index is 0.0572. The second kappa shape index (κ2) is 8.04. The maximum absolute atomic E-state index is 9.02. The van der Waals surface area contributed by atoms with Crippen LogP contribution >= 0.6 is 16.4 Å². The van der Waals surface area contributed by atoms with Crippen molar-refractivity contribution in [1.82, 2.24) is 0 Å². The molecule has 0 aromatic heterocycles. The Morgan fingerprint density at radius 3 is 1.70 bits per heavy atom. The highest BCUT2D eigenvalue weighted by Gasteiger charge is 2.24. The third kappa shape index (κ3) is 10.0. The Kier molecular flexibility index (Phi) is 7.86. The molecule has 0 saturated heterocycles. The van der Waals surface area contributed by atoms with Crippen molar-refractivity contribution in [3.63, 3.8) is 0 Å². The van der Waals surface area contributed by atoms with Crippen LogP contribution in [0.3, 0.4) is 0 Å². The van der Waals surface area contributed by atoms with E-state index in [-0.39, 0.29) is 10.8 Å². The second-order valence-corrected chi connectivity index (χ2v) is 8.78. The van der Waals surface area contributed by atoms with Crippen molar-refractivity contribution in [2.75, 3.05) is 0 Å². The molecule has 134 valence electrons. The molecule has 0 amide bonds. The molecule has 0 aliphatic carbocycles. The molecule has 7 nitrogen and oxygen atoms in total. The summed E-state index contributed by atoms with van der Waals surface area (Å²) in [5, 5.41) is 0. The van der Waals surface area contributed by atoms with Crippen LogP contribution in [-0.2, 0) is 15.4 Å². The summed E-state index contributed by atoms with van der Waals surface area (Å²) in [6, 6.07) is 5.89. The standard InChI is InChI=1S/C14H23O3P.H3O4P/c1-13(2,3)10-7-8-12(17-18(15)16)11(9-10)14(4,5)6;1-5(2,3)4/h7-9,15-16H,1-6H3;(H3,1,2,3,4). The SMILES string of the molecule is CC(C)(C)c1ccc(OP(O)O)c(C(C)(C)C)c1.O=P(O)(O)O. The fraction of sp³-hybridized carbons (Fsp3) is 0.571. The van der Waals surface area contributed by atoms with Gasteiger partial charge in [0.15, 0.2) is 0 Å². The summed E-state index contributed by atoms with van der Waals surface area (Å²) >= 11 is 0. The van der Waals surface area contributed by atoms with Crippen LogP contribution in [0, 0.1) is 0 Å². The predicted molar refractivity (Wildman–Crippen MR) is 90.1 cm³/mol. The molecule has 0 aliphatic heterocycles. The quantitative estimate of drug-likeness (QED) is 0.508. The van der Waals surface area contributed by atoms with Gasteiger partial charge in [0.2, 0.25) is 0 Å². The first-order valence-electron chi connectivity index (χ1n) is 6.81. The summed E-state index contributed by atoms with van der Waals surface area (Å²) in [7, 11) is -7.02. The summed E-state index contributed by atoms with van der Waals surface area (Å²) in [6.07, 6.45) is 0. The number of hydrogen-bond acceptors (Lipinski definition) is 4. The fourth-order valence-electron chi connectivity index (χ4n) is 1.75. The number of phosphoric acid groups is 1. The van der Waals surface area contributed by atoms with E-state index >= 15 is 0 Å². The fourth-order valence-corrected chi connectivity index (χ4v) is 2.09. The number of rotatable bonds is 2.